The molecule has 3 aromatic rings. The highest BCUT2D eigenvalue weighted by atomic mass is 32.3. The fourth-order valence-corrected chi connectivity index (χ4v) is 5.09. The molecule has 0 aromatic heterocycles. The minimum Gasteiger partial charge on any atom is -0.459 e. The molecule has 0 bridgehead atoms. The second kappa shape index (κ2) is 13.4. The molecule has 4 rings (SSSR count). The van der Waals surface area contributed by atoms with Crippen LogP contribution in [0.1, 0.15) is 53.7 Å². The first-order chi connectivity index (χ1) is 20.3. The molecule has 0 fully saturated rings. The molecule has 2 amide bonds. The number of nitrogens with zero attached hydrogens (tertiary/aromatic N) is 1. The zero-order chi connectivity index (χ0) is 31.2. The average molecular weight is 611 g/mol. The largest absolute Gasteiger partial charge is 0.459 e. The predicted octanol–water partition coefficient (Wildman–Crippen LogP) is 4.33. The van der Waals surface area contributed by atoms with Gasteiger partial charge in [-0.3, -0.25) is 14.1 Å². The van der Waals surface area contributed by atoms with Gasteiger partial charge in [0.1, 0.15) is 18.8 Å². The maximum Gasteiger partial charge on any atom is 0.407 e. The Hall–Kier alpha value is -4.26. The van der Waals surface area contributed by atoms with Gasteiger partial charge in [0, 0.05) is 24.6 Å². The minimum atomic E-state index is -4.72. The first-order valence-corrected chi connectivity index (χ1v) is 15.0. The van der Waals surface area contributed by atoms with E-state index in [1.54, 1.807) is 32.9 Å². The van der Waals surface area contributed by atoms with Crippen molar-refractivity contribution in [2.45, 2.75) is 38.8 Å². The van der Waals surface area contributed by atoms with Gasteiger partial charge >= 0.3 is 22.5 Å². The number of esters is 1. The summed E-state index contributed by atoms with van der Waals surface area (Å²) in [5, 5.41) is 2.72. The highest BCUT2D eigenvalue weighted by Crippen LogP contribution is 2.44. The smallest absolute Gasteiger partial charge is 0.407 e. The van der Waals surface area contributed by atoms with Gasteiger partial charge in [-0.05, 0) is 60.7 Å². The number of benzene rings is 3. The lowest BCUT2D eigenvalue weighted by molar-refractivity contribution is -0.155. The Morgan fingerprint density at radius 1 is 0.907 bits per heavy atom. The van der Waals surface area contributed by atoms with Gasteiger partial charge in [0.15, 0.2) is 0 Å². The summed E-state index contributed by atoms with van der Waals surface area (Å²) in [6, 6.07) is 22.4. The molecule has 1 aliphatic rings. The van der Waals surface area contributed by atoms with E-state index in [9.17, 15) is 22.8 Å². The van der Waals surface area contributed by atoms with Gasteiger partial charge in [-0.2, -0.15) is 8.42 Å². The molecule has 0 atom stereocenters. The molecular formula is C31H34N2O9S. The van der Waals surface area contributed by atoms with Gasteiger partial charge in [-0.15, -0.1) is 0 Å². The summed E-state index contributed by atoms with van der Waals surface area (Å²) in [6.07, 6.45) is -0.579. The normalized spacial score (nSPS) is 12.7. The lowest BCUT2D eigenvalue weighted by Gasteiger charge is -2.25. The molecular weight excluding hydrogens is 576 g/mol. The summed E-state index contributed by atoms with van der Waals surface area (Å²) in [7, 11) is -4.72. The third kappa shape index (κ3) is 8.87. The van der Waals surface area contributed by atoms with Crippen molar-refractivity contribution in [3.8, 4) is 11.1 Å². The number of hydrogen-bond acceptors (Lipinski definition) is 8. The van der Waals surface area contributed by atoms with Gasteiger partial charge in [-0.25, -0.2) is 8.98 Å². The summed E-state index contributed by atoms with van der Waals surface area (Å²) in [4.78, 5) is 39.1. The molecule has 1 aliphatic carbocycles. The molecule has 3 aromatic carbocycles. The van der Waals surface area contributed by atoms with Crippen LogP contribution in [0.3, 0.4) is 0 Å². The topological polar surface area (TPSA) is 149 Å². The summed E-state index contributed by atoms with van der Waals surface area (Å²) >= 11 is 0. The van der Waals surface area contributed by atoms with E-state index in [-0.39, 0.29) is 31.2 Å². The van der Waals surface area contributed by atoms with Crippen molar-refractivity contribution in [1.29, 1.82) is 0 Å². The molecule has 0 saturated carbocycles. The molecule has 228 valence electrons. The fourth-order valence-electron chi connectivity index (χ4n) is 4.81. The summed E-state index contributed by atoms with van der Waals surface area (Å²) in [5.41, 5.74) is 4.61. The van der Waals surface area contributed by atoms with E-state index in [1.807, 2.05) is 36.4 Å². The van der Waals surface area contributed by atoms with E-state index < -0.39 is 47.1 Å². The van der Waals surface area contributed by atoms with Crippen LogP contribution >= 0.6 is 0 Å². The summed E-state index contributed by atoms with van der Waals surface area (Å²) < 4.78 is 45.8. The molecule has 12 heteroatoms. The average Bonchev–Trinajstić information content (AvgIpc) is 3.26. The van der Waals surface area contributed by atoms with Crippen molar-refractivity contribution >= 4 is 28.4 Å². The first-order valence-electron chi connectivity index (χ1n) is 13.6. The third-order valence-corrected chi connectivity index (χ3v) is 7.07. The Labute approximate surface area is 250 Å². The first kappa shape index (κ1) is 31.7. The highest BCUT2D eigenvalue weighted by molar-refractivity contribution is 7.80. The van der Waals surface area contributed by atoms with Crippen LogP contribution in [-0.2, 0) is 35.4 Å². The lowest BCUT2D eigenvalue weighted by atomic mass is 9.98. The van der Waals surface area contributed by atoms with Crippen molar-refractivity contribution in [2.75, 3.05) is 26.3 Å². The van der Waals surface area contributed by atoms with E-state index in [2.05, 4.69) is 21.6 Å². The number of hydrogen-bond donors (Lipinski definition) is 2. The van der Waals surface area contributed by atoms with Crippen LogP contribution in [0, 0.1) is 0 Å². The molecule has 43 heavy (non-hydrogen) atoms. The Morgan fingerprint density at radius 2 is 1.49 bits per heavy atom. The van der Waals surface area contributed by atoms with Crippen LogP contribution in [0.2, 0.25) is 0 Å². The lowest BCUT2D eigenvalue weighted by Crippen LogP contribution is -2.40. The number of alkyl carbamates (subject to hydrolysis) is 1. The molecule has 0 spiro atoms. The number of fused-ring (bicyclic) bond motifs is 3. The molecule has 0 heterocycles. The SMILES string of the molecule is CC(C)(C)OC(=O)CN(CCOS(=O)(=O)O)C(=O)c1ccc(CNC(=O)OCC2c3ccccc3-c3ccccc32)cc1. The second-order valence-corrected chi connectivity index (χ2v) is 12.0. The monoisotopic (exact) mass is 610 g/mol. The van der Waals surface area contributed by atoms with Gasteiger partial charge in [0.25, 0.3) is 5.91 Å². The van der Waals surface area contributed by atoms with Gasteiger partial charge in [0.05, 0.1) is 6.61 Å². The van der Waals surface area contributed by atoms with Crippen molar-refractivity contribution in [3.63, 3.8) is 0 Å². The predicted molar refractivity (Wildman–Crippen MR) is 158 cm³/mol. The van der Waals surface area contributed by atoms with Gasteiger partial charge in [0.2, 0.25) is 0 Å². The summed E-state index contributed by atoms with van der Waals surface area (Å²) in [5.74, 6) is -1.34. The standard InChI is InChI=1S/C31H34N2O9S/c1-31(2,3)42-28(34)19-33(16-17-41-43(37,38)39)29(35)22-14-12-21(13-15-22)18-32-30(36)40-20-27-25-10-6-4-8-23(25)24-9-5-7-11-26(24)27/h4-15,27H,16-20H2,1-3H3,(H,32,36)(H,37,38,39). The molecule has 0 aliphatic heterocycles. The maximum absolute atomic E-state index is 13.1. The van der Waals surface area contributed by atoms with Gasteiger partial charge in [-0.1, -0.05) is 60.7 Å². The number of nitrogens with one attached hydrogen (secondary N) is 1. The van der Waals surface area contributed by atoms with Crippen LogP contribution in [0.15, 0.2) is 72.8 Å². The van der Waals surface area contributed by atoms with Gasteiger partial charge < -0.3 is 19.7 Å². The third-order valence-electron chi connectivity index (χ3n) is 6.60. The molecule has 0 unspecified atom stereocenters. The fraction of sp³-hybridized carbons (Fsp3) is 0.323. The van der Waals surface area contributed by atoms with Crippen LogP contribution in [0.25, 0.3) is 11.1 Å². The van der Waals surface area contributed by atoms with Crippen molar-refractivity contribution in [2.24, 2.45) is 0 Å². The number of rotatable bonds is 11. The quantitative estimate of drug-likeness (QED) is 0.239. The highest BCUT2D eigenvalue weighted by Gasteiger charge is 2.29. The van der Waals surface area contributed by atoms with E-state index in [1.165, 1.54) is 12.1 Å². The Kier molecular flexibility index (Phi) is 9.84. The molecule has 11 nitrogen and oxygen atoms in total. The van der Waals surface area contributed by atoms with E-state index in [0.29, 0.717) is 5.56 Å². The van der Waals surface area contributed by atoms with Crippen LogP contribution in [0.5, 0.6) is 0 Å². The Morgan fingerprint density at radius 3 is 2.05 bits per heavy atom. The molecule has 0 radical (unpaired) electrons. The molecule has 2 N–H and O–H groups in total. The number of amides is 2. The zero-order valence-corrected chi connectivity index (χ0v) is 24.9. The molecule has 0 saturated heterocycles. The van der Waals surface area contributed by atoms with Crippen molar-refractivity contribution in [1.82, 2.24) is 10.2 Å². The zero-order valence-electron chi connectivity index (χ0n) is 24.1. The Bertz CT molecular complexity index is 1540. The van der Waals surface area contributed by atoms with E-state index >= 15 is 0 Å². The van der Waals surface area contributed by atoms with Crippen molar-refractivity contribution < 1.29 is 41.0 Å². The maximum atomic E-state index is 13.1. The van der Waals surface area contributed by atoms with E-state index in [0.717, 1.165) is 27.2 Å². The number of carbonyl (C=O) groups excluding carboxylic acids is 3. The van der Waals surface area contributed by atoms with Crippen LogP contribution in [0.4, 0.5) is 4.79 Å². The van der Waals surface area contributed by atoms with E-state index in [4.69, 9.17) is 14.0 Å². The number of carbonyl (C=O) groups is 3. The Balaban J connectivity index is 1.33. The summed E-state index contributed by atoms with van der Waals surface area (Å²) in [6.45, 7) is 4.03. The van der Waals surface area contributed by atoms with Crippen LogP contribution in [-0.4, -0.2) is 67.7 Å². The van der Waals surface area contributed by atoms with Crippen molar-refractivity contribution in [3.05, 3.63) is 95.1 Å². The number of ether oxygens (including phenoxy) is 2. The van der Waals surface area contributed by atoms with Crippen LogP contribution < -0.4 is 5.32 Å². The second-order valence-electron chi connectivity index (χ2n) is 10.9. The minimum absolute atomic E-state index is 0.0602.